The van der Waals surface area contributed by atoms with E-state index < -0.39 is 5.97 Å². The highest BCUT2D eigenvalue weighted by Gasteiger charge is 2.10. The van der Waals surface area contributed by atoms with Crippen LogP contribution in [0.4, 0.5) is 11.5 Å². The van der Waals surface area contributed by atoms with Crippen LogP contribution in [-0.2, 0) is 7.05 Å². The fourth-order valence-corrected chi connectivity index (χ4v) is 1.72. The molecule has 0 aromatic carbocycles. The van der Waals surface area contributed by atoms with Gasteiger partial charge in [-0.2, -0.15) is 5.10 Å². The molecule has 94 valence electrons. The highest BCUT2D eigenvalue weighted by atomic mass is 16.4. The van der Waals surface area contributed by atoms with Gasteiger partial charge < -0.3 is 10.4 Å². The van der Waals surface area contributed by atoms with Gasteiger partial charge in [0.1, 0.15) is 5.82 Å². The Bertz CT molecular complexity index is 604. The molecule has 18 heavy (non-hydrogen) atoms. The van der Waals surface area contributed by atoms with Gasteiger partial charge in [-0.05, 0) is 26.0 Å². The molecule has 0 aliphatic heterocycles. The minimum absolute atomic E-state index is 0.212. The monoisotopic (exact) mass is 246 g/mol. The number of carbonyl (C=O) groups is 1. The van der Waals surface area contributed by atoms with E-state index in [2.05, 4.69) is 15.4 Å². The molecule has 0 amide bonds. The van der Waals surface area contributed by atoms with E-state index in [0.29, 0.717) is 11.5 Å². The molecular formula is C12H14N4O2. The van der Waals surface area contributed by atoms with Gasteiger partial charge in [0.05, 0.1) is 22.6 Å². The third-order valence-corrected chi connectivity index (χ3v) is 2.59. The van der Waals surface area contributed by atoms with E-state index in [0.717, 1.165) is 11.4 Å². The van der Waals surface area contributed by atoms with Gasteiger partial charge in [-0.1, -0.05) is 0 Å². The first-order chi connectivity index (χ1) is 8.47. The maximum atomic E-state index is 10.9. The van der Waals surface area contributed by atoms with Crippen LogP contribution < -0.4 is 5.32 Å². The Morgan fingerprint density at radius 1 is 1.33 bits per heavy atom. The van der Waals surface area contributed by atoms with Crippen molar-refractivity contribution in [3.63, 3.8) is 0 Å². The van der Waals surface area contributed by atoms with E-state index in [1.54, 1.807) is 23.7 Å². The zero-order valence-electron chi connectivity index (χ0n) is 10.4. The molecule has 0 atom stereocenters. The number of pyridine rings is 1. The SMILES string of the molecule is Cc1nn(C)cc1Nc1ccc(C(=O)O)c(C)n1. The van der Waals surface area contributed by atoms with Gasteiger partial charge >= 0.3 is 5.97 Å². The molecule has 6 nitrogen and oxygen atoms in total. The van der Waals surface area contributed by atoms with Gasteiger partial charge in [-0.25, -0.2) is 9.78 Å². The van der Waals surface area contributed by atoms with Gasteiger partial charge in [-0.3, -0.25) is 4.68 Å². The third-order valence-electron chi connectivity index (χ3n) is 2.59. The van der Waals surface area contributed by atoms with Crippen LogP contribution in [0.5, 0.6) is 0 Å². The number of aromatic carboxylic acids is 1. The van der Waals surface area contributed by atoms with E-state index in [1.165, 1.54) is 0 Å². The predicted octanol–water partition coefficient (Wildman–Crippen LogP) is 1.87. The van der Waals surface area contributed by atoms with Crippen LogP contribution in [0.15, 0.2) is 18.3 Å². The zero-order chi connectivity index (χ0) is 13.3. The van der Waals surface area contributed by atoms with Crippen molar-refractivity contribution >= 4 is 17.5 Å². The van der Waals surface area contributed by atoms with Crippen LogP contribution in [0.25, 0.3) is 0 Å². The summed E-state index contributed by atoms with van der Waals surface area (Å²) in [5, 5.41) is 16.2. The summed E-state index contributed by atoms with van der Waals surface area (Å²) < 4.78 is 1.70. The van der Waals surface area contributed by atoms with Crippen LogP contribution in [0.1, 0.15) is 21.7 Å². The normalized spacial score (nSPS) is 10.4. The molecule has 0 bridgehead atoms. The Morgan fingerprint density at radius 2 is 2.06 bits per heavy atom. The first-order valence-electron chi connectivity index (χ1n) is 5.45. The van der Waals surface area contributed by atoms with Crippen molar-refractivity contribution in [3.05, 3.63) is 35.3 Å². The summed E-state index contributed by atoms with van der Waals surface area (Å²) in [4.78, 5) is 15.1. The highest BCUT2D eigenvalue weighted by Crippen LogP contribution is 2.18. The smallest absolute Gasteiger partial charge is 0.337 e. The van der Waals surface area contributed by atoms with Crippen LogP contribution in [-0.4, -0.2) is 25.8 Å². The highest BCUT2D eigenvalue weighted by molar-refractivity contribution is 5.89. The Labute approximate surface area is 104 Å². The lowest BCUT2D eigenvalue weighted by Crippen LogP contribution is -2.03. The summed E-state index contributed by atoms with van der Waals surface area (Å²) in [5.41, 5.74) is 2.41. The minimum atomic E-state index is -0.968. The molecule has 2 heterocycles. The quantitative estimate of drug-likeness (QED) is 0.864. The number of anilines is 2. The fourth-order valence-electron chi connectivity index (χ4n) is 1.72. The van der Waals surface area contributed by atoms with Gasteiger partial charge in [0.2, 0.25) is 0 Å². The molecule has 2 aromatic heterocycles. The number of aryl methyl sites for hydroxylation is 3. The van der Waals surface area contributed by atoms with Gasteiger partial charge in [0, 0.05) is 13.2 Å². The molecule has 0 aliphatic carbocycles. The fraction of sp³-hybridized carbons (Fsp3) is 0.250. The topological polar surface area (TPSA) is 80.0 Å². The maximum Gasteiger partial charge on any atom is 0.337 e. The minimum Gasteiger partial charge on any atom is -0.478 e. The van der Waals surface area contributed by atoms with Crippen LogP contribution in [0.2, 0.25) is 0 Å². The molecule has 0 unspecified atom stereocenters. The second kappa shape index (κ2) is 4.48. The second-order valence-electron chi connectivity index (χ2n) is 4.06. The van der Waals surface area contributed by atoms with Crippen LogP contribution in [0, 0.1) is 13.8 Å². The van der Waals surface area contributed by atoms with E-state index in [4.69, 9.17) is 5.11 Å². The van der Waals surface area contributed by atoms with Crippen molar-refractivity contribution in [2.24, 2.45) is 7.05 Å². The van der Waals surface area contributed by atoms with Gasteiger partial charge in [0.25, 0.3) is 0 Å². The molecule has 2 aromatic rings. The summed E-state index contributed by atoms with van der Waals surface area (Å²) in [6.07, 6.45) is 1.84. The summed E-state index contributed by atoms with van der Waals surface area (Å²) in [5.74, 6) is -0.363. The molecule has 0 saturated carbocycles. The average Bonchev–Trinajstić information content (AvgIpc) is 2.57. The van der Waals surface area contributed by atoms with Crippen molar-refractivity contribution in [2.45, 2.75) is 13.8 Å². The van der Waals surface area contributed by atoms with E-state index in [1.807, 2.05) is 20.2 Å². The van der Waals surface area contributed by atoms with Crippen LogP contribution >= 0.6 is 0 Å². The first kappa shape index (κ1) is 12.1. The Balaban J connectivity index is 2.28. The molecule has 2 rings (SSSR count). The van der Waals surface area contributed by atoms with E-state index in [-0.39, 0.29) is 5.56 Å². The molecule has 0 radical (unpaired) electrons. The summed E-state index contributed by atoms with van der Waals surface area (Å²) >= 11 is 0. The third kappa shape index (κ3) is 2.32. The molecule has 0 saturated heterocycles. The Hall–Kier alpha value is -2.37. The van der Waals surface area contributed by atoms with Crippen LogP contribution in [0.3, 0.4) is 0 Å². The lowest BCUT2D eigenvalue weighted by molar-refractivity contribution is 0.0695. The second-order valence-corrected chi connectivity index (χ2v) is 4.06. The lowest BCUT2D eigenvalue weighted by atomic mass is 10.2. The summed E-state index contributed by atoms with van der Waals surface area (Å²) in [6.45, 7) is 3.56. The number of carboxylic acids is 1. The van der Waals surface area contributed by atoms with Crippen molar-refractivity contribution in [1.82, 2.24) is 14.8 Å². The average molecular weight is 246 g/mol. The Morgan fingerprint density at radius 3 is 2.56 bits per heavy atom. The van der Waals surface area contributed by atoms with Crippen molar-refractivity contribution in [3.8, 4) is 0 Å². The number of hydrogen-bond donors (Lipinski definition) is 2. The Kier molecular flexibility index (Phi) is 3.01. The number of hydrogen-bond acceptors (Lipinski definition) is 4. The molecular weight excluding hydrogens is 232 g/mol. The molecule has 0 fully saturated rings. The van der Waals surface area contributed by atoms with E-state index >= 15 is 0 Å². The summed E-state index contributed by atoms with van der Waals surface area (Å²) in [7, 11) is 1.84. The summed E-state index contributed by atoms with van der Waals surface area (Å²) in [6, 6.07) is 3.18. The molecule has 0 aliphatic rings. The molecule has 2 N–H and O–H groups in total. The zero-order valence-corrected chi connectivity index (χ0v) is 10.4. The standard InChI is InChI=1S/C12H14N4O2/c1-7-9(12(17)18)4-5-11(13-7)14-10-6-16(3)15-8(10)2/h4-6H,1-3H3,(H,13,14)(H,17,18). The van der Waals surface area contributed by atoms with Gasteiger partial charge in [0.15, 0.2) is 0 Å². The number of nitrogens with one attached hydrogen (secondary N) is 1. The van der Waals surface area contributed by atoms with Crippen molar-refractivity contribution < 1.29 is 9.90 Å². The number of carboxylic acid groups (broad SMARTS) is 1. The van der Waals surface area contributed by atoms with Gasteiger partial charge in [-0.15, -0.1) is 0 Å². The van der Waals surface area contributed by atoms with E-state index in [9.17, 15) is 4.79 Å². The number of nitrogens with zero attached hydrogens (tertiary/aromatic N) is 3. The van der Waals surface area contributed by atoms with Crippen molar-refractivity contribution in [2.75, 3.05) is 5.32 Å². The largest absolute Gasteiger partial charge is 0.478 e. The first-order valence-corrected chi connectivity index (χ1v) is 5.45. The lowest BCUT2D eigenvalue weighted by Gasteiger charge is -2.06. The molecule has 6 heteroatoms. The van der Waals surface area contributed by atoms with Crippen molar-refractivity contribution in [1.29, 1.82) is 0 Å². The predicted molar refractivity (Wildman–Crippen MR) is 67.2 cm³/mol. The maximum absolute atomic E-state index is 10.9. The number of aromatic nitrogens is 3. The molecule has 0 spiro atoms. The number of rotatable bonds is 3.